The Hall–Kier alpha value is -2.17. The third-order valence-corrected chi connectivity index (χ3v) is 7.10. The monoisotopic (exact) mass is 515 g/mol. The minimum absolute atomic E-state index is 0.0959. The van der Waals surface area contributed by atoms with E-state index < -0.39 is 0 Å². The summed E-state index contributed by atoms with van der Waals surface area (Å²) in [4.78, 5) is 13.7. The zero-order valence-electron chi connectivity index (χ0n) is 24.2. The van der Waals surface area contributed by atoms with Crippen LogP contribution in [0.5, 0.6) is 17.2 Å². The van der Waals surface area contributed by atoms with Crippen molar-refractivity contribution in [1.82, 2.24) is 4.57 Å². The van der Waals surface area contributed by atoms with Crippen LogP contribution in [0.15, 0.2) is 23.0 Å². The fourth-order valence-corrected chi connectivity index (χ4v) is 4.85. The number of pyridine rings is 1. The maximum Gasteiger partial charge on any atom is 0.297 e. The first-order chi connectivity index (χ1) is 18.2. The normalized spacial score (nSPS) is 11.2. The number of aryl methyl sites for hydroxylation is 1. The molecule has 0 aliphatic heterocycles. The number of unbranched alkanes of at least 4 members (excludes halogenated alkanes) is 13. The van der Waals surface area contributed by atoms with Crippen molar-refractivity contribution >= 4 is 10.9 Å². The number of ether oxygens (including phenoxy) is 3. The van der Waals surface area contributed by atoms with Crippen LogP contribution >= 0.6 is 0 Å². The van der Waals surface area contributed by atoms with Crippen molar-refractivity contribution < 1.29 is 14.2 Å². The number of nitrogens with zero attached hydrogens (tertiary/aromatic N) is 1. The first-order valence-corrected chi connectivity index (χ1v) is 15.2. The van der Waals surface area contributed by atoms with Gasteiger partial charge in [0.15, 0.2) is 5.75 Å². The minimum atomic E-state index is -0.0959. The summed E-state index contributed by atoms with van der Waals surface area (Å²) < 4.78 is 19.8. The second-order valence-corrected chi connectivity index (χ2v) is 10.3. The average molecular weight is 516 g/mol. The van der Waals surface area contributed by atoms with Crippen LogP contribution in [0.4, 0.5) is 0 Å². The van der Waals surface area contributed by atoms with Crippen LogP contribution in [0.2, 0.25) is 0 Å². The van der Waals surface area contributed by atoms with Crippen LogP contribution in [-0.2, 0) is 6.54 Å². The maximum atomic E-state index is 13.7. The van der Waals surface area contributed by atoms with Gasteiger partial charge in [0.05, 0.1) is 25.8 Å². The molecule has 0 bridgehead atoms. The zero-order valence-corrected chi connectivity index (χ0v) is 24.2. The van der Waals surface area contributed by atoms with E-state index in [4.69, 9.17) is 14.2 Å². The molecule has 0 fully saturated rings. The van der Waals surface area contributed by atoms with Crippen LogP contribution < -0.4 is 19.8 Å². The second kappa shape index (κ2) is 19.0. The standard InChI is InChI=1S/C32H53NO4/c1-5-8-11-14-16-18-23-33-29-26-27(36-24-20-17-15-12-9-6-2)21-22-28(29)30(35-4)31(32(33)34)37-25-19-13-10-7-3/h21-22,26H,5-20,23-25H2,1-4H3. The van der Waals surface area contributed by atoms with E-state index in [0.717, 1.165) is 48.8 Å². The summed E-state index contributed by atoms with van der Waals surface area (Å²) in [7, 11) is 1.62. The Labute approximate surface area is 225 Å². The number of hydrogen-bond acceptors (Lipinski definition) is 4. The highest BCUT2D eigenvalue weighted by molar-refractivity contribution is 5.89. The van der Waals surface area contributed by atoms with Crippen LogP contribution in [-0.4, -0.2) is 24.9 Å². The summed E-state index contributed by atoms with van der Waals surface area (Å²) >= 11 is 0. The van der Waals surface area contributed by atoms with E-state index in [1.54, 1.807) is 7.11 Å². The molecule has 5 nitrogen and oxygen atoms in total. The van der Waals surface area contributed by atoms with Crippen molar-refractivity contribution in [3.05, 3.63) is 28.6 Å². The molecule has 0 unspecified atom stereocenters. The molecule has 2 rings (SSSR count). The molecule has 210 valence electrons. The lowest BCUT2D eigenvalue weighted by molar-refractivity contribution is 0.280. The molecule has 0 aliphatic rings. The molecule has 1 aromatic carbocycles. The lowest BCUT2D eigenvalue weighted by Gasteiger charge is -2.18. The summed E-state index contributed by atoms with van der Waals surface area (Å²) in [6.07, 6.45) is 18.9. The van der Waals surface area contributed by atoms with Crippen molar-refractivity contribution in [3.8, 4) is 17.2 Å². The number of rotatable bonds is 22. The molecule has 0 spiro atoms. The lowest BCUT2D eigenvalue weighted by atomic mass is 10.1. The van der Waals surface area contributed by atoms with E-state index in [2.05, 4.69) is 20.8 Å². The molecular formula is C32H53NO4. The first kappa shape index (κ1) is 31.1. The van der Waals surface area contributed by atoms with Gasteiger partial charge in [-0.2, -0.15) is 0 Å². The highest BCUT2D eigenvalue weighted by Gasteiger charge is 2.19. The molecule has 1 aromatic heterocycles. The molecule has 0 atom stereocenters. The van der Waals surface area contributed by atoms with Gasteiger partial charge < -0.3 is 18.8 Å². The fraction of sp³-hybridized carbons (Fsp3) is 0.719. The average Bonchev–Trinajstić information content (AvgIpc) is 2.91. The summed E-state index contributed by atoms with van der Waals surface area (Å²) in [5.41, 5.74) is 0.774. The maximum absolute atomic E-state index is 13.7. The molecule has 5 heteroatoms. The van der Waals surface area contributed by atoms with Gasteiger partial charge in [-0.1, -0.05) is 104 Å². The highest BCUT2D eigenvalue weighted by Crippen LogP contribution is 2.35. The lowest BCUT2D eigenvalue weighted by Crippen LogP contribution is -2.24. The Balaban J connectivity index is 2.22. The van der Waals surface area contributed by atoms with E-state index in [1.807, 2.05) is 22.8 Å². The van der Waals surface area contributed by atoms with Crippen molar-refractivity contribution in [2.24, 2.45) is 0 Å². The van der Waals surface area contributed by atoms with E-state index in [9.17, 15) is 4.79 Å². The van der Waals surface area contributed by atoms with Crippen LogP contribution in [0, 0.1) is 0 Å². The molecule has 2 aromatic rings. The Morgan fingerprint density at radius 3 is 1.81 bits per heavy atom. The van der Waals surface area contributed by atoms with Gasteiger partial charge in [-0.15, -0.1) is 0 Å². The summed E-state index contributed by atoms with van der Waals surface area (Å²) in [6.45, 7) is 8.59. The Bertz CT molecular complexity index is 937. The van der Waals surface area contributed by atoms with Crippen LogP contribution in [0.25, 0.3) is 10.9 Å². The molecular weight excluding hydrogens is 462 g/mol. The second-order valence-electron chi connectivity index (χ2n) is 10.3. The van der Waals surface area contributed by atoms with Gasteiger partial charge in [0.25, 0.3) is 5.56 Å². The molecule has 0 saturated heterocycles. The van der Waals surface area contributed by atoms with Gasteiger partial charge in [0.2, 0.25) is 5.75 Å². The van der Waals surface area contributed by atoms with E-state index >= 15 is 0 Å². The topological polar surface area (TPSA) is 49.7 Å². The van der Waals surface area contributed by atoms with Gasteiger partial charge in [-0.05, 0) is 31.4 Å². The van der Waals surface area contributed by atoms with Gasteiger partial charge in [-0.25, -0.2) is 0 Å². The molecule has 37 heavy (non-hydrogen) atoms. The predicted molar refractivity (Wildman–Crippen MR) is 157 cm³/mol. The van der Waals surface area contributed by atoms with Crippen molar-refractivity contribution in [2.75, 3.05) is 20.3 Å². The van der Waals surface area contributed by atoms with Crippen molar-refractivity contribution in [3.63, 3.8) is 0 Å². The molecule has 0 aliphatic carbocycles. The highest BCUT2D eigenvalue weighted by atomic mass is 16.5. The fourth-order valence-electron chi connectivity index (χ4n) is 4.85. The SMILES string of the molecule is CCCCCCCCOc1ccc2c(OC)c(OCCCCCC)c(=O)n(CCCCCCCC)c2c1. The number of benzene rings is 1. The molecule has 0 radical (unpaired) electrons. The smallest absolute Gasteiger partial charge is 0.297 e. The van der Waals surface area contributed by atoms with Crippen LogP contribution in [0.3, 0.4) is 0 Å². The Morgan fingerprint density at radius 2 is 1.19 bits per heavy atom. The third-order valence-electron chi connectivity index (χ3n) is 7.10. The molecule has 0 N–H and O–H groups in total. The van der Waals surface area contributed by atoms with E-state index in [-0.39, 0.29) is 5.56 Å². The predicted octanol–water partition coefficient (Wildman–Crippen LogP) is 9.07. The largest absolute Gasteiger partial charge is 0.494 e. The number of hydrogen-bond donors (Lipinski definition) is 0. The summed E-state index contributed by atoms with van der Waals surface area (Å²) in [5.74, 6) is 1.70. The Morgan fingerprint density at radius 1 is 0.649 bits per heavy atom. The number of methoxy groups -OCH3 is 1. The molecule has 0 saturated carbocycles. The molecule has 1 heterocycles. The minimum Gasteiger partial charge on any atom is -0.494 e. The van der Waals surface area contributed by atoms with Gasteiger partial charge >= 0.3 is 0 Å². The summed E-state index contributed by atoms with van der Waals surface area (Å²) in [6, 6.07) is 6.02. The van der Waals surface area contributed by atoms with Crippen molar-refractivity contribution in [1.29, 1.82) is 0 Å². The third kappa shape index (κ3) is 10.6. The van der Waals surface area contributed by atoms with E-state index in [0.29, 0.717) is 31.3 Å². The quantitative estimate of drug-likeness (QED) is 0.147. The molecule has 0 amide bonds. The van der Waals surface area contributed by atoms with Gasteiger partial charge in [-0.3, -0.25) is 4.79 Å². The zero-order chi connectivity index (χ0) is 26.7. The van der Waals surface area contributed by atoms with Gasteiger partial charge in [0.1, 0.15) is 5.75 Å². The summed E-state index contributed by atoms with van der Waals surface area (Å²) in [5, 5.41) is 0.906. The van der Waals surface area contributed by atoms with Crippen molar-refractivity contribution in [2.45, 2.75) is 130 Å². The van der Waals surface area contributed by atoms with E-state index in [1.165, 1.54) is 70.6 Å². The number of aromatic nitrogens is 1. The van der Waals surface area contributed by atoms with Crippen LogP contribution in [0.1, 0.15) is 124 Å². The first-order valence-electron chi connectivity index (χ1n) is 15.2. The Kier molecular flexibility index (Phi) is 15.9. The van der Waals surface area contributed by atoms with Gasteiger partial charge in [0, 0.05) is 18.0 Å². The number of fused-ring (bicyclic) bond motifs is 1.